The molecule has 0 radical (unpaired) electrons. The fourth-order valence-corrected chi connectivity index (χ4v) is 3.48. The van der Waals surface area contributed by atoms with Crippen molar-refractivity contribution in [1.82, 2.24) is 4.98 Å². The van der Waals surface area contributed by atoms with Gasteiger partial charge in [0.2, 0.25) is 5.13 Å². The molecule has 0 aliphatic rings. The highest BCUT2D eigenvalue weighted by atomic mass is 32.1. The maximum atomic E-state index is 10.9. The van der Waals surface area contributed by atoms with Crippen LogP contribution in [0.3, 0.4) is 0 Å². The van der Waals surface area contributed by atoms with E-state index in [0.717, 1.165) is 15.8 Å². The van der Waals surface area contributed by atoms with E-state index in [4.69, 9.17) is 4.42 Å². The van der Waals surface area contributed by atoms with E-state index in [2.05, 4.69) is 15.5 Å². The number of para-hydroxylation sites is 1. The zero-order chi connectivity index (χ0) is 18.8. The second-order valence-electron chi connectivity index (χ2n) is 5.82. The summed E-state index contributed by atoms with van der Waals surface area (Å²) in [6.45, 7) is 1.70. The maximum absolute atomic E-state index is 10.9. The summed E-state index contributed by atoms with van der Waals surface area (Å²) in [6, 6.07) is 16.3. The van der Waals surface area contributed by atoms with Crippen molar-refractivity contribution in [3.8, 4) is 11.3 Å². The van der Waals surface area contributed by atoms with E-state index in [9.17, 15) is 10.1 Å². The Hall–Kier alpha value is -3.52. The van der Waals surface area contributed by atoms with Crippen LogP contribution in [-0.4, -0.2) is 16.1 Å². The van der Waals surface area contributed by atoms with E-state index in [1.807, 2.05) is 24.3 Å². The summed E-state index contributed by atoms with van der Waals surface area (Å²) in [5.74, 6) is 1.18. The number of rotatable bonds is 5. The monoisotopic (exact) mass is 378 g/mol. The Morgan fingerprint density at radius 1 is 1.22 bits per heavy atom. The minimum Gasteiger partial charge on any atom is -0.455 e. The summed E-state index contributed by atoms with van der Waals surface area (Å²) in [5, 5.41) is 15.8. The van der Waals surface area contributed by atoms with Crippen molar-refractivity contribution in [3.63, 3.8) is 0 Å². The van der Waals surface area contributed by atoms with Crippen molar-refractivity contribution in [3.05, 3.63) is 76.0 Å². The van der Waals surface area contributed by atoms with Crippen LogP contribution in [0.4, 0.5) is 10.8 Å². The van der Waals surface area contributed by atoms with Crippen LogP contribution in [0, 0.1) is 17.0 Å². The first-order valence-electron chi connectivity index (χ1n) is 8.10. The highest BCUT2D eigenvalue weighted by Crippen LogP contribution is 2.28. The minimum atomic E-state index is -0.396. The average Bonchev–Trinajstić information content (AvgIpc) is 3.28. The first-order chi connectivity index (χ1) is 13.1. The molecule has 0 aliphatic carbocycles. The van der Waals surface area contributed by atoms with E-state index in [0.29, 0.717) is 22.2 Å². The van der Waals surface area contributed by atoms with Crippen molar-refractivity contribution >= 4 is 38.6 Å². The van der Waals surface area contributed by atoms with Crippen molar-refractivity contribution < 1.29 is 9.34 Å². The maximum Gasteiger partial charge on any atom is 0.272 e. The first kappa shape index (κ1) is 16.9. The van der Waals surface area contributed by atoms with Gasteiger partial charge in [0, 0.05) is 17.2 Å². The largest absolute Gasteiger partial charge is 0.455 e. The number of hydrogen-bond acceptors (Lipinski definition) is 7. The third-order valence-corrected chi connectivity index (χ3v) is 4.89. The van der Waals surface area contributed by atoms with Gasteiger partial charge >= 0.3 is 0 Å². The normalized spacial score (nSPS) is 11.3. The van der Waals surface area contributed by atoms with E-state index in [1.165, 1.54) is 17.4 Å². The number of nitro benzene ring substituents is 1. The van der Waals surface area contributed by atoms with Gasteiger partial charge in [-0.25, -0.2) is 4.98 Å². The number of benzene rings is 2. The van der Waals surface area contributed by atoms with Gasteiger partial charge in [-0.2, -0.15) is 5.10 Å². The van der Waals surface area contributed by atoms with Gasteiger partial charge in [-0.15, -0.1) is 0 Å². The Bertz CT molecular complexity index is 1130. The van der Waals surface area contributed by atoms with Crippen molar-refractivity contribution in [2.45, 2.75) is 6.92 Å². The van der Waals surface area contributed by atoms with E-state index < -0.39 is 4.92 Å². The molecule has 4 rings (SSSR count). The highest BCUT2D eigenvalue weighted by molar-refractivity contribution is 7.22. The van der Waals surface area contributed by atoms with Gasteiger partial charge in [-0.1, -0.05) is 23.5 Å². The Morgan fingerprint density at radius 3 is 2.85 bits per heavy atom. The molecule has 0 amide bonds. The Kier molecular flexibility index (Phi) is 4.39. The summed E-state index contributed by atoms with van der Waals surface area (Å²) < 4.78 is 6.83. The smallest absolute Gasteiger partial charge is 0.272 e. The molecule has 2 aromatic heterocycles. The quantitative estimate of drug-likeness (QED) is 0.292. The lowest BCUT2D eigenvalue weighted by Gasteiger charge is -2.00. The second kappa shape index (κ2) is 7.00. The molecule has 8 heteroatoms. The Labute approximate surface area is 158 Å². The summed E-state index contributed by atoms with van der Waals surface area (Å²) in [7, 11) is 0. The Morgan fingerprint density at radius 2 is 2.07 bits per heavy atom. The highest BCUT2D eigenvalue weighted by Gasteiger charge is 2.12. The SMILES string of the molecule is Cc1cc(-c2ccc(/C=N\Nc3nc4ccccc4s3)o2)ccc1[N+](=O)[O-]. The predicted molar refractivity (Wildman–Crippen MR) is 106 cm³/mol. The summed E-state index contributed by atoms with van der Waals surface area (Å²) >= 11 is 1.52. The number of furan rings is 1. The molecule has 2 aromatic carbocycles. The molecule has 1 N–H and O–H groups in total. The minimum absolute atomic E-state index is 0.0899. The van der Waals surface area contributed by atoms with Gasteiger partial charge < -0.3 is 4.42 Å². The van der Waals surface area contributed by atoms with Crippen LogP contribution in [-0.2, 0) is 0 Å². The number of aromatic nitrogens is 1. The molecule has 0 aliphatic heterocycles. The Balaban J connectivity index is 1.48. The molecule has 0 saturated heterocycles. The van der Waals surface area contributed by atoms with Crippen LogP contribution in [0.2, 0.25) is 0 Å². The number of nitrogens with one attached hydrogen (secondary N) is 1. The number of nitro groups is 1. The molecule has 2 heterocycles. The number of hydrogen-bond donors (Lipinski definition) is 1. The van der Waals surface area contributed by atoms with E-state index in [1.54, 1.807) is 37.4 Å². The van der Waals surface area contributed by atoms with Crippen molar-refractivity contribution in [2.75, 3.05) is 5.43 Å². The van der Waals surface area contributed by atoms with Gasteiger partial charge in [0.05, 0.1) is 21.4 Å². The summed E-state index contributed by atoms with van der Waals surface area (Å²) in [6.07, 6.45) is 1.56. The van der Waals surface area contributed by atoms with Gasteiger partial charge in [0.1, 0.15) is 11.5 Å². The lowest BCUT2D eigenvalue weighted by molar-refractivity contribution is -0.385. The van der Waals surface area contributed by atoms with Gasteiger partial charge in [0.25, 0.3) is 5.69 Å². The number of anilines is 1. The van der Waals surface area contributed by atoms with Crippen LogP contribution >= 0.6 is 11.3 Å². The molecule has 0 unspecified atom stereocenters. The standard InChI is InChI=1S/C19H14N4O3S/c1-12-10-13(6-8-16(12)23(24)25)17-9-7-14(26-17)11-20-22-19-21-15-4-2-3-5-18(15)27-19/h2-11H,1H3,(H,21,22)/b20-11-. The fraction of sp³-hybridized carbons (Fsp3) is 0.0526. The summed E-state index contributed by atoms with van der Waals surface area (Å²) in [4.78, 5) is 15.0. The van der Waals surface area contributed by atoms with Crippen molar-refractivity contribution in [1.29, 1.82) is 0 Å². The molecule has 0 bridgehead atoms. The molecule has 134 valence electrons. The van der Waals surface area contributed by atoms with Crippen LogP contribution in [0.15, 0.2) is 64.1 Å². The topological polar surface area (TPSA) is 93.6 Å². The number of fused-ring (bicyclic) bond motifs is 1. The van der Waals surface area contributed by atoms with E-state index >= 15 is 0 Å². The third-order valence-electron chi connectivity index (χ3n) is 3.95. The molecule has 0 spiro atoms. The lowest BCUT2D eigenvalue weighted by atomic mass is 10.1. The predicted octanol–water partition coefficient (Wildman–Crippen LogP) is 5.22. The second-order valence-corrected chi connectivity index (χ2v) is 6.85. The lowest BCUT2D eigenvalue weighted by Crippen LogP contribution is -1.91. The van der Waals surface area contributed by atoms with E-state index in [-0.39, 0.29) is 5.69 Å². The van der Waals surface area contributed by atoms with Gasteiger partial charge in [-0.05, 0) is 43.3 Å². The number of thiazole rings is 1. The van der Waals surface area contributed by atoms with Crippen LogP contribution in [0.1, 0.15) is 11.3 Å². The fourth-order valence-electron chi connectivity index (χ4n) is 2.66. The molecular formula is C19H14N4O3S. The first-order valence-corrected chi connectivity index (χ1v) is 8.92. The molecule has 7 nitrogen and oxygen atoms in total. The number of nitrogens with zero attached hydrogens (tertiary/aromatic N) is 3. The van der Waals surface area contributed by atoms with Gasteiger partial charge in [0.15, 0.2) is 0 Å². The molecular weight excluding hydrogens is 364 g/mol. The zero-order valence-electron chi connectivity index (χ0n) is 14.2. The molecule has 27 heavy (non-hydrogen) atoms. The molecule has 4 aromatic rings. The number of aryl methyl sites for hydroxylation is 1. The van der Waals surface area contributed by atoms with Crippen LogP contribution in [0.5, 0.6) is 0 Å². The van der Waals surface area contributed by atoms with Crippen molar-refractivity contribution in [2.24, 2.45) is 5.10 Å². The zero-order valence-corrected chi connectivity index (χ0v) is 15.1. The summed E-state index contributed by atoms with van der Waals surface area (Å²) in [5.41, 5.74) is 5.28. The molecule has 0 atom stereocenters. The molecule has 0 saturated carbocycles. The third kappa shape index (κ3) is 3.56. The number of hydrazone groups is 1. The average molecular weight is 378 g/mol. The van der Waals surface area contributed by atoms with Crippen LogP contribution < -0.4 is 5.43 Å². The van der Waals surface area contributed by atoms with Gasteiger partial charge in [-0.3, -0.25) is 15.5 Å². The molecule has 0 fully saturated rings. The van der Waals surface area contributed by atoms with Crippen LogP contribution in [0.25, 0.3) is 21.5 Å².